The molecule has 0 heterocycles. The molecule has 7 heteroatoms. The van der Waals surface area contributed by atoms with E-state index in [1.165, 1.54) is 0 Å². The minimum Gasteiger partial charge on any atom is -0.782 e. The van der Waals surface area contributed by atoms with E-state index in [2.05, 4.69) is 85.2 Å². The Morgan fingerprint density at radius 3 is 0.722 bits per heavy atom. The Bertz CT molecular complexity index is 83.0. The fourth-order valence-electron chi connectivity index (χ4n) is 0.0340. The van der Waals surface area contributed by atoms with Crippen molar-refractivity contribution in [2.75, 3.05) is 70.2 Å². The van der Waals surface area contributed by atoms with Crippen LogP contribution in [0.2, 0.25) is 0 Å². The van der Waals surface area contributed by atoms with Crippen molar-refractivity contribution in [3.05, 3.63) is 0 Å². The van der Waals surface area contributed by atoms with Gasteiger partial charge in [0, 0.05) is 0 Å². The third-order valence-corrected chi connectivity index (χ3v) is 1.50. The largest absolute Gasteiger partial charge is 2.00 e. The molecule has 0 aliphatic rings. The normalized spacial score (nSPS) is 8.33. The summed E-state index contributed by atoms with van der Waals surface area (Å²) in [7, 11) is 1.14. The smallest absolute Gasteiger partial charge is 0.782 e. The van der Waals surface area contributed by atoms with Gasteiger partial charge in [0.15, 0.2) is 0 Å². The fraction of sp³-hybridized carbons (Fsp3) is 1.00. The summed E-state index contributed by atoms with van der Waals surface area (Å²) < 4.78 is 0. The van der Waals surface area contributed by atoms with Gasteiger partial charge in [0.05, 0.1) is 0 Å². The molecule has 0 atom stereocenters. The molecule has 0 saturated carbocycles. The van der Waals surface area contributed by atoms with Gasteiger partial charge in [-0.15, -0.1) is 33.9 Å². The average molecular weight is 548 g/mol. The van der Waals surface area contributed by atoms with Crippen LogP contribution in [0.3, 0.4) is 0 Å². The molecular weight excluding hydrogens is 516 g/mol. The van der Waals surface area contributed by atoms with Gasteiger partial charge in [-0.3, -0.25) is 0 Å². The topological polar surface area (TPSA) is 0 Å². The maximum Gasteiger partial charge on any atom is 2.00 e. The van der Waals surface area contributed by atoms with Gasteiger partial charge < -0.3 is 25.3 Å². The second-order valence-corrected chi connectivity index (χ2v) is 14.8. The Kier molecular flexibility index (Phi) is 58.6. The second kappa shape index (κ2) is 32.1. The van der Waals surface area contributed by atoms with Crippen molar-refractivity contribution in [2.45, 2.75) is 0 Å². The van der Waals surface area contributed by atoms with Crippen LogP contribution in [0.4, 0.5) is 0 Å². The third kappa shape index (κ3) is 245. The minimum absolute atomic E-state index is 0. The first-order valence-electron chi connectivity index (χ1n) is 5.18. The third-order valence-electron chi connectivity index (χ3n) is 0.167. The van der Waals surface area contributed by atoms with Crippen LogP contribution in [0.5, 0.6) is 0 Å². The van der Waals surface area contributed by atoms with Crippen molar-refractivity contribution < 1.29 is 21.1 Å². The first-order valence-corrected chi connectivity index (χ1v) is 15.5. The minimum atomic E-state index is 0. The zero-order valence-corrected chi connectivity index (χ0v) is 20.7. The molecule has 0 amide bonds. The molecule has 0 aromatic carbocycles. The molecule has 0 aliphatic carbocycles. The van der Waals surface area contributed by atoms with Crippen LogP contribution in [0.1, 0.15) is 0 Å². The zero-order chi connectivity index (χ0) is 14.9. The van der Waals surface area contributed by atoms with Gasteiger partial charge in [-0.05, 0) is 60.0 Å². The number of rotatable bonds is 2. The Labute approximate surface area is 151 Å². The van der Waals surface area contributed by atoms with Crippen molar-refractivity contribution in [1.29, 1.82) is 0 Å². The summed E-state index contributed by atoms with van der Waals surface area (Å²) in [5.41, 5.74) is 0. The molecule has 0 saturated heterocycles. The first-order chi connectivity index (χ1) is 7.61. The molecule has 0 aromatic rings. The van der Waals surface area contributed by atoms with Crippen molar-refractivity contribution >= 4 is 60.8 Å². The molecule has 0 rings (SSSR count). The van der Waals surface area contributed by atoms with Crippen molar-refractivity contribution in [2.24, 2.45) is 0 Å². The molecule has 18 heavy (non-hydrogen) atoms. The van der Waals surface area contributed by atoms with Crippen LogP contribution >= 0.6 is 35.5 Å². The summed E-state index contributed by atoms with van der Waals surface area (Å²) in [5.74, 6) is 0. The predicted molar refractivity (Wildman–Crippen MR) is 106 cm³/mol. The van der Waals surface area contributed by atoms with Crippen molar-refractivity contribution in [1.82, 2.24) is 0 Å². The van der Waals surface area contributed by atoms with E-state index in [0.717, 1.165) is 10.2 Å². The van der Waals surface area contributed by atoms with E-state index >= 15 is 0 Å². The van der Waals surface area contributed by atoms with Gasteiger partial charge >= 0.3 is 21.1 Å². The molecule has 0 unspecified atom stereocenters. The first kappa shape index (κ1) is 32.8. The van der Waals surface area contributed by atoms with Crippen LogP contribution in [0, 0.1) is 0 Å². The van der Waals surface area contributed by atoms with Gasteiger partial charge in [-0.25, -0.2) is 11.8 Å². The van der Waals surface area contributed by atoms with Crippen LogP contribution in [-0.4, -0.2) is 70.2 Å². The van der Waals surface area contributed by atoms with E-state index in [-0.39, 0.29) is 21.1 Å². The summed E-state index contributed by atoms with van der Waals surface area (Å²) in [4.78, 5) is 0. The fourth-order valence-corrected chi connectivity index (χ4v) is 0.919. The molecule has 0 nitrogen and oxygen atoms in total. The number of thioether (sulfide) groups is 1. The molecule has 0 radical (unpaired) electrons. The van der Waals surface area contributed by atoms with Crippen molar-refractivity contribution in [3.63, 3.8) is 0 Å². The van der Waals surface area contributed by atoms with E-state index in [1.54, 1.807) is 11.8 Å². The molecule has 0 aliphatic heterocycles. The molecule has 0 N–H and O–H groups in total. The van der Waals surface area contributed by atoms with E-state index in [1.807, 2.05) is 0 Å². The van der Waals surface area contributed by atoms with Crippen LogP contribution < -0.4 is 0 Å². The zero-order valence-electron chi connectivity index (χ0n) is 13.3. The molecular formula is C11H31P3PtS3. The number of hydrogen-bond donors (Lipinski definition) is 0. The van der Waals surface area contributed by atoms with E-state index < -0.39 is 0 Å². The molecule has 0 spiro atoms. The van der Waals surface area contributed by atoms with Gasteiger partial charge in [-0.2, -0.15) is 0 Å². The SMILES string of the molecule is CP(C)C.CP(C)C.CP(C)C.[Pt+2].[S-]CSC[S-]. The Morgan fingerprint density at radius 1 is 0.611 bits per heavy atom. The van der Waals surface area contributed by atoms with Crippen molar-refractivity contribution in [3.8, 4) is 0 Å². The quantitative estimate of drug-likeness (QED) is 0.360. The van der Waals surface area contributed by atoms with E-state index in [4.69, 9.17) is 0 Å². The maximum atomic E-state index is 4.55. The number of hydrogen-bond acceptors (Lipinski definition) is 3. The Balaban J connectivity index is -0.0000000412. The van der Waals surface area contributed by atoms with E-state index in [9.17, 15) is 0 Å². The van der Waals surface area contributed by atoms with Crippen LogP contribution in [0.25, 0.3) is 0 Å². The van der Waals surface area contributed by atoms with E-state index in [0.29, 0.717) is 23.8 Å². The van der Waals surface area contributed by atoms with Gasteiger partial charge in [0.1, 0.15) is 0 Å². The van der Waals surface area contributed by atoms with Gasteiger partial charge in [0.25, 0.3) is 0 Å². The summed E-state index contributed by atoms with van der Waals surface area (Å²) in [5, 5.41) is 1.48. The maximum absolute atomic E-state index is 4.55. The Morgan fingerprint density at radius 2 is 0.722 bits per heavy atom. The summed E-state index contributed by atoms with van der Waals surface area (Å²) in [6, 6.07) is 0. The second-order valence-electron chi connectivity index (χ2n) is 4.46. The molecule has 0 bridgehead atoms. The Hall–Kier alpha value is 3.03. The molecule has 0 aromatic heterocycles. The average Bonchev–Trinajstić information content (AvgIpc) is 2.01. The molecule has 118 valence electrons. The summed E-state index contributed by atoms with van der Waals surface area (Å²) >= 11 is 10.7. The monoisotopic (exact) mass is 547 g/mol. The van der Waals surface area contributed by atoms with Gasteiger partial charge in [-0.1, -0.05) is 0 Å². The predicted octanol–water partition coefficient (Wildman–Crippen LogP) is 4.80. The van der Waals surface area contributed by atoms with Crippen LogP contribution in [0.15, 0.2) is 0 Å². The molecule has 0 fully saturated rings. The summed E-state index contributed by atoms with van der Waals surface area (Å²) in [6.07, 6.45) is 0. The summed E-state index contributed by atoms with van der Waals surface area (Å²) in [6.45, 7) is 20.1. The van der Waals surface area contributed by atoms with Crippen LogP contribution in [-0.2, 0) is 46.3 Å². The van der Waals surface area contributed by atoms with Gasteiger partial charge in [0.2, 0.25) is 0 Å². The standard InChI is InChI=1S/3C3H9P.C2H6S3.Pt/c3*1-4(2)3;3-1-5-2-4;/h3*1-3H3;3-4H,1-2H2;/q;;;;+2/p-2.